The summed E-state index contributed by atoms with van der Waals surface area (Å²) in [5.41, 5.74) is 13.2. The lowest BCUT2D eigenvalue weighted by Gasteiger charge is -2.13. The first-order chi connectivity index (χ1) is 12.4. The molecule has 1 saturated carbocycles. The van der Waals surface area contributed by atoms with Crippen LogP contribution < -0.4 is 20.9 Å². The number of benzene rings is 2. The van der Waals surface area contributed by atoms with E-state index in [0.717, 1.165) is 11.1 Å². The van der Waals surface area contributed by atoms with E-state index in [1.807, 2.05) is 25.1 Å². The number of nitrogens with two attached hydrogens (primary N) is 2. The van der Waals surface area contributed by atoms with E-state index in [0.29, 0.717) is 16.4 Å². The molecule has 1 heterocycles. The zero-order valence-corrected chi connectivity index (χ0v) is 15.3. The molecule has 2 atom stereocenters. The molecule has 0 saturated heterocycles. The molecule has 0 amide bonds. The monoisotopic (exact) mass is 374 g/mol. The Bertz CT molecular complexity index is 937. The molecule has 0 radical (unpaired) electrons. The summed E-state index contributed by atoms with van der Waals surface area (Å²) < 4.78 is 37.4. The molecule has 2 aliphatic rings. The van der Waals surface area contributed by atoms with Crippen LogP contribution in [-0.2, 0) is 9.84 Å². The Balaban J connectivity index is 1.76. The Kier molecular flexibility index (Phi) is 3.98. The summed E-state index contributed by atoms with van der Waals surface area (Å²) in [5.74, 6) is 1.03. The molecule has 26 heavy (non-hydrogen) atoms. The average Bonchev–Trinajstić information content (AvgIpc) is 3.12. The summed E-state index contributed by atoms with van der Waals surface area (Å²) in [5, 5.41) is -0.645. The van der Waals surface area contributed by atoms with Crippen LogP contribution in [0.25, 0.3) is 0 Å². The van der Waals surface area contributed by atoms with Gasteiger partial charge in [-0.2, -0.15) is 0 Å². The van der Waals surface area contributed by atoms with Gasteiger partial charge in [0.2, 0.25) is 6.79 Å². The van der Waals surface area contributed by atoms with Crippen molar-refractivity contribution in [3.05, 3.63) is 53.6 Å². The molecule has 1 aliphatic heterocycles. The average molecular weight is 374 g/mol. The lowest BCUT2D eigenvalue weighted by Crippen LogP contribution is -2.31. The van der Waals surface area contributed by atoms with Gasteiger partial charge in [-0.15, -0.1) is 0 Å². The van der Waals surface area contributed by atoms with Crippen LogP contribution in [-0.4, -0.2) is 33.6 Å². The van der Waals surface area contributed by atoms with Gasteiger partial charge in [0, 0.05) is 24.4 Å². The predicted octanol–water partition coefficient (Wildman–Crippen LogP) is 1.57. The van der Waals surface area contributed by atoms with E-state index >= 15 is 0 Å². The third kappa shape index (κ3) is 2.42. The highest BCUT2D eigenvalue weighted by Gasteiger charge is 2.69. The zero-order valence-electron chi connectivity index (χ0n) is 14.5. The van der Waals surface area contributed by atoms with Crippen molar-refractivity contribution in [2.24, 2.45) is 16.9 Å². The number of rotatable bonds is 5. The van der Waals surface area contributed by atoms with Gasteiger partial charge in [0.1, 0.15) is 0 Å². The molecular formula is C19H22N2O4S. The van der Waals surface area contributed by atoms with Crippen LogP contribution >= 0.6 is 0 Å². The minimum absolute atomic E-state index is 0.174. The molecule has 4 N–H and O–H groups in total. The minimum atomic E-state index is -3.56. The van der Waals surface area contributed by atoms with Crippen molar-refractivity contribution in [1.29, 1.82) is 0 Å². The largest absolute Gasteiger partial charge is 0.454 e. The maximum Gasteiger partial charge on any atom is 0.231 e. The van der Waals surface area contributed by atoms with Crippen LogP contribution in [0.4, 0.5) is 0 Å². The molecule has 138 valence electrons. The van der Waals surface area contributed by atoms with Gasteiger partial charge >= 0.3 is 0 Å². The van der Waals surface area contributed by atoms with E-state index < -0.39 is 20.5 Å². The molecular weight excluding hydrogens is 352 g/mol. The molecule has 0 bridgehead atoms. The zero-order chi connectivity index (χ0) is 18.5. The van der Waals surface area contributed by atoms with Gasteiger partial charge in [-0.05, 0) is 36.8 Å². The van der Waals surface area contributed by atoms with Gasteiger partial charge < -0.3 is 20.9 Å². The predicted molar refractivity (Wildman–Crippen MR) is 98.0 cm³/mol. The highest BCUT2D eigenvalue weighted by Crippen LogP contribution is 2.63. The fourth-order valence-corrected chi connectivity index (χ4v) is 6.47. The lowest BCUT2D eigenvalue weighted by atomic mass is 9.99. The lowest BCUT2D eigenvalue weighted by molar-refractivity contribution is 0.174. The molecule has 0 aromatic heterocycles. The Morgan fingerprint density at radius 2 is 1.69 bits per heavy atom. The SMILES string of the molecule is Cc1ccc(S(=O)(=O)C2C(c3ccc4c(c3)OCO4)C2(CN)CN)cc1. The maximum absolute atomic E-state index is 13.3. The van der Waals surface area contributed by atoms with Gasteiger partial charge in [-0.25, -0.2) is 8.42 Å². The molecule has 0 spiro atoms. The normalized spacial score (nSPS) is 23.0. The van der Waals surface area contributed by atoms with Gasteiger partial charge in [0.25, 0.3) is 0 Å². The second-order valence-corrected chi connectivity index (χ2v) is 9.08. The van der Waals surface area contributed by atoms with Crippen molar-refractivity contribution in [2.45, 2.75) is 23.0 Å². The molecule has 6 nitrogen and oxygen atoms in total. The number of hydrogen-bond donors (Lipinski definition) is 2. The molecule has 2 aromatic rings. The first-order valence-corrected chi connectivity index (χ1v) is 10.1. The van der Waals surface area contributed by atoms with Gasteiger partial charge in [-0.1, -0.05) is 23.8 Å². The van der Waals surface area contributed by atoms with Crippen molar-refractivity contribution in [3.63, 3.8) is 0 Å². The number of hydrogen-bond acceptors (Lipinski definition) is 6. The van der Waals surface area contributed by atoms with E-state index in [2.05, 4.69) is 0 Å². The van der Waals surface area contributed by atoms with E-state index in [1.165, 1.54) is 0 Å². The van der Waals surface area contributed by atoms with Crippen molar-refractivity contribution in [2.75, 3.05) is 19.9 Å². The van der Waals surface area contributed by atoms with Crippen LogP contribution in [0.5, 0.6) is 11.5 Å². The Morgan fingerprint density at radius 3 is 2.35 bits per heavy atom. The summed E-state index contributed by atoms with van der Waals surface area (Å²) in [6.07, 6.45) is 0. The quantitative estimate of drug-likeness (QED) is 0.823. The van der Waals surface area contributed by atoms with Crippen LogP contribution in [0.3, 0.4) is 0 Å². The Morgan fingerprint density at radius 1 is 1.04 bits per heavy atom. The number of aryl methyl sites for hydroxylation is 1. The highest BCUT2D eigenvalue weighted by atomic mass is 32.2. The molecule has 4 rings (SSSR count). The third-order valence-electron chi connectivity index (χ3n) is 5.58. The smallest absolute Gasteiger partial charge is 0.231 e. The Labute approximate surface area is 153 Å². The molecule has 2 unspecified atom stereocenters. The van der Waals surface area contributed by atoms with Crippen molar-refractivity contribution in [3.8, 4) is 11.5 Å². The molecule has 1 fully saturated rings. The van der Waals surface area contributed by atoms with Crippen LogP contribution in [0, 0.1) is 12.3 Å². The topological polar surface area (TPSA) is 105 Å². The van der Waals surface area contributed by atoms with E-state index in [4.69, 9.17) is 20.9 Å². The van der Waals surface area contributed by atoms with Gasteiger partial charge in [-0.3, -0.25) is 0 Å². The molecule has 1 aliphatic carbocycles. The van der Waals surface area contributed by atoms with Crippen molar-refractivity contribution in [1.82, 2.24) is 0 Å². The second-order valence-electron chi connectivity index (χ2n) is 7.01. The first kappa shape index (κ1) is 17.3. The summed E-state index contributed by atoms with van der Waals surface area (Å²) >= 11 is 0. The molecule has 7 heteroatoms. The number of ether oxygens (including phenoxy) is 2. The van der Waals surface area contributed by atoms with E-state index in [1.54, 1.807) is 24.3 Å². The van der Waals surface area contributed by atoms with E-state index in [-0.39, 0.29) is 25.8 Å². The first-order valence-electron chi connectivity index (χ1n) is 8.54. The number of sulfone groups is 1. The summed E-state index contributed by atoms with van der Waals surface area (Å²) in [6.45, 7) is 2.51. The second kappa shape index (κ2) is 5.97. The van der Waals surface area contributed by atoms with Crippen LogP contribution in [0.15, 0.2) is 47.4 Å². The fraction of sp³-hybridized carbons (Fsp3) is 0.368. The summed E-state index contributed by atoms with van der Waals surface area (Å²) in [6, 6.07) is 12.4. The maximum atomic E-state index is 13.3. The summed E-state index contributed by atoms with van der Waals surface area (Å²) in [4.78, 5) is 0.308. The van der Waals surface area contributed by atoms with E-state index in [9.17, 15) is 8.42 Å². The molecule has 2 aromatic carbocycles. The minimum Gasteiger partial charge on any atom is -0.454 e. The fourth-order valence-electron chi connectivity index (χ4n) is 4.00. The van der Waals surface area contributed by atoms with Gasteiger partial charge in [0.15, 0.2) is 21.3 Å². The highest BCUT2D eigenvalue weighted by molar-refractivity contribution is 7.92. The van der Waals surface area contributed by atoms with Crippen LogP contribution in [0.2, 0.25) is 0 Å². The standard InChI is InChI=1S/C19H22N2O4S/c1-12-2-5-14(6-3-12)26(22,23)18-17(19(18,9-20)10-21)13-4-7-15-16(8-13)25-11-24-15/h2-8,17-18H,9-11,20-21H2,1H3. The van der Waals surface area contributed by atoms with Gasteiger partial charge in [0.05, 0.1) is 10.1 Å². The van der Waals surface area contributed by atoms with Crippen molar-refractivity contribution >= 4 is 9.84 Å². The summed E-state index contributed by atoms with van der Waals surface area (Å²) in [7, 11) is -3.56. The van der Waals surface area contributed by atoms with Crippen LogP contribution in [0.1, 0.15) is 17.0 Å². The van der Waals surface area contributed by atoms with Crippen molar-refractivity contribution < 1.29 is 17.9 Å². The number of fused-ring (bicyclic) bond motifs is 1. The third-order valence-corrected chi connectivity index (χ3v) is 7.92. The Hall–Kier alpha value is -2.09.